The van der Waals surface area contributed by atoms with Crippen molar-refractivity contribution in [2.45, 2.75) is 26.0 Å². The van der Waals surface area contributed by atoms with E-state index >= 15 is 0 Å². The predicted molar refractivity (Wildman–Crippen MR) is 84.4 cm³/mol. The third-order valence-corrected chi connectivity index (χ3v) is 2.46. The molecule has 1 rings (SSSR count). The monoisotopic (exact) mass is 314 g/mol. The van der Waals surface area contributed by atoms with Gasteiger partial charge in [-0.3, -0.25) is 4.79 Å². The number of nitrogens with one attached hydrogen (secondary N) is 2. The Bertz CT molecular complexity index is 426. The highest BCUT2D eigenvalue weighted by molar-refractivity contribution is 5.45. The number of carbonyl (C=O) groups is 1. The van der Waals surface area contributed by atoms with Crippen LogP contribution in [0.25, 0.3) is 0 Å². The minimum absolute atomic E-state index is 0.112. The summed E-state index contributed by atoms with van der Waals surface area (Å²) in [6, 6.07) is 4.91. The van der Waals surface area contributed by atoms with E-state index in [9.17, 15) is 10.2 Å². The van der Waals surface area contributed by atoms with Crippen molar-refractivity contribution in [2.24, 2.45) is 0 Å². The molecule has 7 nitrogen and oxygen atoms in total. The summed E-state index contributed by atoms with van der Waals surface area (Å²) in [5.41, 5.74) is 0. The van der Waals surface area contributed by atoms with Gasteiger partial charge in [0, 0.05) is 25.7 Å². The minimum atomic E-state index is -0.592. The minimum Gasteiger partial charge on any atom is -0.508 e. The molecule has 0 radical (unpaired) electrons. The molecule has 1 unspecified atom stereocenters. The van der Waals surface area contributed by atoms with Crippen LogP contribution in [-0.2, 0) is 4.79 Å². The number of methoxy groups -OCH3 is 1. The first-order valence-corrected chi connectivity index (χ1v) is 6.96. The highest BCUT2D eigenvalue weighted by Crippen LogP contribution is 2.30. The molecular weight excluding hydrogens is 288 g/mol. The summed E-state index contributed by atoms with van der Waals surface area (Å²) >= 11 is 0. The Labute approximate surface area is 131 Å². The van der Waals surface area contributed by atoms with Gasteiger partial charge in [0.1, 0.15) is 18.5 Å². The van der Waals surface area contributed by atoms with E-state index in [-0.39, 0.29) is 12.4 Å². The van der Waals surface area contributed by atoms with Gasteiger partial charge in [-0.1, -0.05) is 13.8 Å². The summed E-state index contributed by atoms with van der Waals surface area (Å²) in [7, 11) is 3.06. The van der Waals surface area contributed by atoms with E-state index in [0.29, 0.717) is 30.5 Å². The summed E-state index contributed by atoms with van der Waals surface area (Å²) in [5.74, 6) is 1.05. The van der Waals surface area contributed by atoms with E-state index in [2.05, 4.69) is 10.6 Å². The van der Waals surface area contributed by atoms with E-state index in [0.717, 1.165) is 0 Å². The summed E-state index contributed by atoms with van der Waals surface area (Å²) in [4.78, 5) is 9.06. The molecular formula is C15H26N2O5. The van der Waals surface area contributed by atoms with Crippen molar-refractivity contribution < 1.29 is 24.5 Å². The highest BCUT2D eigenvalue weighted by Gasteiger charge is 2.09. The second-order valence-electron chi connectivity index (χ2n) is 4.77. The summed E-state index contributed by atoms with van der Waals surface area (Å²) < 4.78 is 10.5. The number of amides is 1. The number of aromatic hydroxyl groups is 1. The van der Waals surface area contributed by atoms with E-state index < -0.39 is 6.10 Å². The maximum Gasteiger partial charge on any atom is 0.206 e. The van der Waals surface area contributed by atoms with Gasteiger partial charge in [0.15, 0.2) is 11.5 Å². The molecule has 0 heterocycles. The van der Waals surface area contributed by atoms with Crippen LogP contribution in [0.15, 0.2) is 18.2 Å². The van der Waals surface area contributed by atoms with Crippen LogP contribution < -0.4 is 20.1 Å². The number of phenolic OH excluding ortho intramolecular Hbond substituents is 1. The van der Waals surface area contributed by atoms with Gasteiger partial charge in [0.05, 0.1) is 7.11 Å². The molecule has 0 aliphatic carbocycles. The van der Waals surface area contributed by atoms with Crippen molar-refractivity contribution in [3.8, 4) is 17.2 Å². The fourth-order valence-electron chi connectivity index (χ4n) is 1.39. The third kappa shape index (κ3) is 9.04. The Morgan fingerprint density at radius 1 is 1.32 bits per heavy atom. The molecule has 1 atom stereocenters. The second kappa shape index (κ2) is 11.6. The van der Waals surface area contributed by atoms with Gasteiger partial charge in [-0.15, -0.1) is 0 Å². The van der Waals surface area contributed by atoms with Crippen LogP contribution in [-0.4, -0.2) is 56.1 Å². The van der Waals surface area contributed by atoms with Crippen LogP contribution in [0.4, 0.5) is 0 Å². The lowest BCUT2D eigenvalue weighted by Crippen LogP contribution is -2.35. The summed E-state index contributed by atoms with van der Waals surface area (Å²) in [6.45, 7) is 4.66. The number of benzene rings is 1. The number of phenols is 1. The van der Waals surface area contributed by atoms with E-state index in [1.807, 2.05) is 13.8 Å². The van der Waals surface area contributed by atoms with E-state index in [1.54, 1.807) is 13.1 Å². The third-order valence-electron chi connectivity index (χ3n) is 2.46. The molecule has 0 aliphatic heterocycles. The highest BCUT2D eigenvalue weighted by atomic mass is 16.5. The first-order chi connectivity index (χ1) is 10.4. The average Bonchev–Trinajstić information content (AvgIpc) is 2.51. The van der Waals surface area contributed by atoms with Gasteiger partial charge in [-0.25, -0.2) is 0 Å². The van der Waals surface area contributed by atoms with E-state index in [4.69, 9.17) is 14.3 Å². The zero-order valence-corrected chi connectivity index (χ0v) is 13.5. The van der Waals surface area contributed by atoms with Crippen molar-refractivity contribution in [2.75, 3.05) is 27.3 Å². The van der Waals surface area contributed by atoms with Crippen LogP contribution in [0, 0.1) is 0 Å². The molecule has 0 aromatic heterocycles. The van der Waals surface area contributed by atoms with Crippen LogP contribution in [0.2, 0.25) is 0 Å². The van der Waals surface area contributed by atoms with E-state index in [1.165, 1.54) is 19.2 Å². The summed E-state index contributed by atoms with van der Waals surface area (Å²) in [6.07, 6.45) is 0.0332. The summed E-state index contributed by atoms with van der Waals surface area (Å²) in [5, 5.41) is 24.4. The average molecular weight is 314 g/mol. The first-order valence-electron chi connectivity index (χ1n) is 6.96. The number of rotatable bonds is 8. The Morgan fingerprint density at radius 2 is 1.95 bits per heavy atom. The second-order valence-corrected chi connectivity index (χ2v) is 4.77. The Kier molecular flexibility index (Phi) is 10.6. The van der Waals surface area contributed by atoms with Gasteiger partial charge in [-0.2, -0.15) is 0 Å². The molecule has 0 aliphatic rings. The molecule has 7 heteroatoms. The zero-order chi connectivity index (χ0) is 17.0. The molecule has 1 amide bonds. The Hall–Kier alpha value is -1.99. The van der Waals surface area contributed by atoms with Crippen molar-refractivity contribution in [1.82, 2.24) is 10.6 Å². The van der Waals surface area contributed by atoms with Crippen LogP contribution in [0.5, 0.6) is 17.2 Å². The van der Waals surface area contributed by atoms with Crippen molar-refractivity contribution in [1.29, 1.82) is 0 Å². The number of ether oxygens (including phenoxy) is 2. The quantitative estimate of drug-likeness (QED) is 0.522. The number of hydrogen-bond acceptors (Lipinski definition) is 6. The Morgan fingerprint density at radius 3 is 2.45 bits per heavy atom. The molecule has 0 spiro atoms. The Balaban J connectivity index is 0.000000980. The predicted octanol–water partition coefficient (Wildman–Crippen LogP) is 0.501. The SMILES string of the molecule is CNC=O.COc1cc(O)ccc1OCC(O)CNC(C)C. The molecule has 0 bridgehead atoms. The molecule has 1 aromatic rings. The number of aliphatic hydroxyl groups is 1. The normalized spacial score (nSPS) is 11.2. The maximum atomic E-state index is 9.70. The van der Waals surface area contributed by atoms with Crippen molar-refractivity contribution in [3.63, 3.8) is 0 Å². The number of aliphatic hydroxyl groups excluding tert-OH is 1. The smallest absolute Gasteiger partial charge is 0.206 e. The van der Waals surface area contributed by atoms with Crippen LogP contribution in [0.3, 0.4) is 0 Å². The fraction of sp³-hybridized carbons (Fsp3) is 0.533. The molecule has 0 fully saturated rings. The lowest BCUT2D eigenvalue weighted by atomic mass is 10.3. The molecule has 126 valence electrons. The maximum absolute atomic E-state index is 9.70. The topological polar surface area (TPSA) is 100 Å². The fourth-order valence-corrected chi connectivity index (χ4v) is 1.39. The van der Waals surface area contributed by atoms with Crippen LogP contribution >= 0.6 is 0 Å². The van der Waals surface area contributed by atoms with Crippen molar-refractivity contribution in [3.05, 3.63) is 18.2 Å². The van der Waals surface area contributed by atoms with Gasteiger partial charge in [-0.05, 0) is 12.1 Å². The molecule has 1 aromatic carbocycles. The lowest BCUT2D eigenvalue weighted by molar-refractivity contribution is -0.109. The standard InChI is InChI=1S/C13H21NO4.C2H5NO/c1-9(2)14-7-11(16)8-18-12-5-4-10(15)6-13(12)17-3;1-3-2-4/h4-6,9,11,14-16H,7-8H2,1-3H3;2H,1H3,(H,3,4). The largest absolute Gasteiger partial charge is 0.508 e. The van der Waals surface area contributed by atoms with Crippen LogP contribution in [0.1, 0.15) is 13.8 Å². The van der Waals surface area contributed by atoms with Gasteiger partial charge in [0.2, 0.25) is 6.41 Å². The number of carbonyl (C=O) groups excluding carboxylic acids is 1. The lowest BCUT2D eigenvalue weighted by Gasteiger charge is -2.16. The van der Waals surface area contributed by atoms with Gasteiger partial charge in [0.25, 0.3) is 0 Å². The van der Waals surface area contributed by atoms with Gasteiger partial charge >= 0.3 is 0 Å². The van der Waals surface area contributed by atoms with Gasteiger partial charge < -0.3 is 30.3 Å². The number of hydrogen-bond donors (Lipinski definition) is 4. The molecule has 0 saturated heterocycles. The molecule has 0 saturated carbocycles. The molecule has 4 N–H and O–H groups in total. The zero-order valence-electron chi connectivity index (χ0n) is 13.5. The van der Waals surface area contributed by atoms with Crippen molar-refractivity contribution >= 4 is 6.41 Å². The molecule has 22 heavy (non-hydrogen) atoms. The first kappa shape index (κ1) is 20.0.